The molecular weight excluding hydrogens is 953 g/mol. The molecule has 0 amide bonds. The number of hydrogen-bond donors (Lipinski definition) is 0. The van der Waals surface area contributed by atoms with Crippen molar-refractivity contribution in [2.45, 2.75) is 51.4 Å². The third-order valence-corrected chi connectivity index (χ3v) is 14.7. The van der Waals surface area contributed by atoms with E-state index in [1.165, 1.54) is 9.96 Å². The molecule has 0 N–H and O–H groups in total. The fourth-order valence-electron chi connectivity index (χ4n) is 7.79. The molecule has 5 heterocycles. The molecule has 291 valence electrons. The van der Waals surface area contributed by atoms with Crippen LogP contribution in [0.4, 0.5) is 0 Å². The Morgan fingerprint density at radius 1 is 0.707 bits per heavy atom. The summed E-state index contributed by atoms with van der Waals surface area (Å²) in [6.45, 7) is 8.88. The van der Waals surface area contributed by atoms with E-state index in [1.54, 1.807) is 0 Å². The number of para-hydroxylation sites is 3. The Morgan fingerprint density at radius 2 is 1.47 bits per heavy atom. The Labute approximate surface area is 355 Å². The van der Waals surface area contributed by atoms with Crippen LogP contribution in [0.15, 0.2) is 136 Å². The molecule has 6 nitrogen and oxygen atoms in total. The van der Waals surface area contributed by atoms with Gasteiger partial charge >= 0.3 is 176 Å². The van der Waals surface area contributed by atoms with Crippen molar-refractivity contribution in [2.75, 3.05) is 0 Å². The average Bonchev–Trinajstić information content (AvgIpc) is 3.88. The summed E-state index contributed by atoms with van der Waals surface area (Å²) in [5.74, 6) is 8.17. The van der Waals surface area contributed by atoms with Gasteiger partial charge in [0.1, 0.15) is 11.2 Å². The Bertz CT molecular complexity index is 3090. The second-order valence-corrected chi connectivity index (χ2v) is 27.6. The first-order valence-electron chi connectivity index (χ1n) is 19.5. The van der Waals surface area contributed by atoms with Gasteiger partial charge in [0, 0.05) is 42.6 Å². The fraction of sp³-hybridized carbons (Fsp3) is 0.180. The first-order valence-corrected chi connectivity index (χ1v) is 26.8. The number of nitrogens with zero attached hydrogens (tertiary/aromatic N) is 4. The van der Waals surface area contributed by atoms with Gasteiger partial charge < -0.3 is 8.98 Å². The second-order valence-electron chi connectivity index (χ2n) is 17.0. The molecule has 0 bridgehead atoms. The van der Waals surface area contributed by atoms with E-state index in [-0.39, 0.29) is 25.5 Å². The zero-order chi connectivity index (χ0) is 39.5. The maximum absolute atomic E-state index is 6.19. The molecule has 0 fully saturated rings. The average molecular weight is 998 g/mol. The van der Waals surface area contributed by atoms with Gasteiger partial charge in [-0.25, -0.2) is 0 Å². The Hall–Kier alpha value is -5.34. The summed E-state index contributed by atoms with van der Waals surface area (Å²) in [5.41, 5.74) is 11.7. The van der Waals surface area contributed by atoms with Gasteiger partial charge in [-0.3, -0.25) is 4.98 Å². The first-order chi connectivity index (χ1) is 27.4. The molecule has 0 aliphatic heterocycles. The summed E-state index contributed by atoms with van der Waals surface area (Å²) in [5, 5.41) is 4.36. The van der Waals surface area contributed by atoms with Gasteiger partial charge in [-0.05, 0) is 30.3 Å². The molecule has 8 heteroatoms. The molecule has 5 aromatic carbocycles. The van der Waals surface area contributed by atoms with E-state index in [0.29, 0.717) is 5.71 Å². The van der Waals surface area contributed by atoms with Crippen LogP contribution in [0.1, 0.15) is 32.0 Å². The smallest absolute Gasteiger partial charge is 0.137 e. The van der Waals surface area contributed by atoms with E-state index in [9.17, 15) is 0 Å². The number of furan rings is 2. The van der Waals surface area contributed by atoms with E-state index < -0.39 is 13.3 Å². The zero-order valence-electron chi connectivity index (χ0n) is 33.8. The standard InChI is InChI=1S/C25H29GeN2O.C25H15N2O.Ir/c1-16-11-12-19-18-9-8-10-20(23(18)29-24(19)28-16)22-13-17(14-25(2,3)4)21(15-27-22)26(5,6)7;1-2-8-17(9-3-1)25-26-21-11-5-6-12-22(21)27(25)18-14-15-20-19-10-4-7-13-23(19)28-24(20)16-18;/h8-9,11-13,15H,14H2,1-7H3;1-8,10-16H;/q2*-1;. The van der Waals surface area contributed by atoms with E-state index >= 15 is 0 Å². The third-order valence-electron chi connectivity index (χ3n) is 10.3. The molecule has 0 spiro atoms. The molecule has 0 saturated heterocycles. The van der Waals surface area contributed by atoms with E-state index in [2.05, 4.69) is 114 Å². The van der Waals surface area contributed by atoms with Gasteiger partial charge in [-0.15, -0.1) is 35.9 Å². The molecule has 10 rings (SSSR count). The molecule has 1 radical (unpaired) electrons. The predicted octanol–water partition coefficient (Wildman–Crippen LogP) is 12.7. The number of benzene rings is 5. The van der Waals surface area contributed by atoms with Gasteiger partial charge in [-0.2, -0.15) is 0 Å². The van der Waals surface area contributed by atoms with Crippen molar-refractivity contribution in [1.29, 1.82) is 0 Å². The summed E-state index contributed by atoms with van der Waals surface area (Å²) in [6.07, 6.45) is 3.16. The van der Waals surface area contributed by atoms with Crippen LogP contribution < -0.4 is 4.40 Å². The molecular formula is C50H44GeIrN4O2-2. The molecule has 10 aromatic rings. The first kappa shape index (κ1) is 39.5. The van der Waals surface area contributed by atoms with Crippen molar-refractivity contribution < 1.29 is 28.9 Å². The number of pyridine rings is 2. The van der Waals surface area contributed by atoms with E-state index in [4.69, 9.17) is 18.8 Å². The number of hydrogen-bond acceptors (Lipinski definition) is 5. The Balaban J connectivity index is 0.000000159. The molecule has 0 aliphatic carbocycles. The maximum atomic E-state index is 6.19. The third kappa shape index (κ3) is 7.55. The Kier molecular flexibility index (Phi) is 10.5. The summed E-state index contributed by atoms with van der Waals surface area (Å²) < 4.78 is 16.0. The van der Waals surface area contributed by atoms with Crippen molar-refractivity contribution in [3.8, 4) is 28.3 Å². The van der Waals surface area contributed by atoms with Crippen molar-refractivity contribution in [1.82, 2.24) is 19.5 Å². The molecule has 5 aromatic heterocycles. The van der Waals surface area contributed by atoms with Crippen LogP contribution in [0.2, 0.25) is 17.3 Å². The molecule has 0 saturated carbocycles. The maximum Gasteiger partial charge on any atom is 0.137 e. The van der Waals surface area contributed by atoms with Crippen LogP contribution in [-0.2, 0) is 26.5 Å². The van der Waals surface area contributed by atoms with Crippen molar-refractivity contribution >= 4 is 72.7 Å². The number of fused-ring (bicyclic) bond motifs is 7. The van der Waals surface area contributed by atoms with Gasteiger partial charge in [0.15, 0.2) is 0 Å². The van der Waals surface area contributed by atoms with Crippen LogP contribution in [0.5, 0.6) is 0 Å². The largest absolute Gasteiger partial charge is 0.456 e. The van der Waals surface area contributed by atoms with Crippen LogP contribution in [-0.4, -0.2) is 32.8 Å². The van der Waals surface area contributed by atoms with Crippen LogP contribution in [0.25, 0.3) is 83.4 Å². The van der Waals surface area contributed by atoms with Crippen LogP contribution >= 0.6 is 0 Å². The minimum atomic E-state index is -2.03. The zero-order valence-corrected chi connectivity index (χ0v) is 38.3. The monoisotopic (exact) mass is 999 g/mol. The molecule has 0 unspecified atom stereocenters. The second kappa shape index (κ2) is 15.4. The summed E-state index contributed by atoms with van der Waals surface area (Å²) in [7, 11) is 0. The minimum absolute atomic E-state index is 0. The molecule has 0 atom stereocenters. The fourth-order valence-corrected chi connectivity index (χ4v) is 11.1. The van der Waals surface area contributed by atoms with Gasteiger partial charge in [0.25, 0.3) is 0 Å². The number of aromatic nitrogens is 4. The van der Waals surface area contributed by atoms with Crippen molar-refractivity contribution in [3.05, 3.63) is 151 Å². The van der Waals surface area contributed by atoms with E-state index in [0.717, 1.165) is 89.8 Å². The van der Waals surface area contributed by atoms with Gasteiger partial charge in [-0.1, -0.05) is 30.3 Å². The summed E-state index contributed by atoms with van der Waals surface area (Å²) in [4.78, 5) is 14.3. The van der Waals surface area contributed by atoms with Crippen LogP contribution in [0, 0.1) is 24.5 Å². The molecule has 58 heavy (non-hydrogen) atoms. The quantitative estimate of drug-likeness (QED) is 0.127. The van der Waals surface area contributed by atoms with E-state index in [1.807, 2.05) is 79.7 Å². The predicted molar refractivity (Wildman–Crippen MR) is 237 cm³/mol. The minimum Gasteiger partial charge on any atom is -0.456 e. The van der Waals surface area contributed by atoms with Gasteiger partial charge in [0.2, 0.25) is 0 Å². The van der Waals surface area contributed by atoms with Gasteiger partial charge in [0.05, 0.1) is 16.9 Å². The number of imidazole rings is 1. The number of aryl methyl sites for hydroxylation is 1. The Morgan fingerprint density at radius 3 is 2.26 bits per heavy atom. The number of rotatable bonds is 5. The van der Waals surface area contributed by atoms with Crippen LogP contribution in [0.3, 0.4) is 0 Å². The topological polar surface area (TPSA) is 69.9 Å². The summed E-state index contributed by atoms with van der Waals surface area (Å²) in [6, 6.07) is 47.7. The summed E-state index contributed by atoms with van der Waals surface area (Å²) >= 11 is -2.03. The normalized spacial score (nSPS) is 12.0. The van der Waals surface area contributed by atoms with Crippen molar-refractivity contribution in [2.24, 2.45) is 5.41 Å². The molecule has 0 aliphatic rings. The van der Waals surface area contributed by atoms with Crippen molar-refractivity contribution in [3.63, 3.8) is 0 Å². The SMILES string of the molecule is Cc1ccc2c(n1)oc1c(-c3cc(CC(C)(C)C)[c]([Ge]([CH3])([CH3])[CH3])cn3)[c-]ccc12.[Ir].[c-]1ccccc1-c1nc2ccccc2n1-c1ccc2c(c1)oc1ccccc12.